The smallest absolute Gasteiger partial charge is 0.307 e. The molecule has 0 atom stereocenters. The second-order valence-corrected chi connectivity index (χ2v) is 7.08. The van der Waals surface area contributed by atoms with Gasteiger partial charge in [0.15, 0.2) is 0 Å². The molecule has 0 saturated heterocycles. The minimum atomic E-state index is -0.800. The van der Waals surface area contributed by atoms with E-state index in [1.807, 2.05) is 19.1 Å². The molecule has 0 aromatic rings. The topological polar surface area (TPSA) is 37.3 Å². The zero-order chi connectivity index (χ0) is 17.5. The van der Waals surface area contributed by atoms with Gasteiger partial charge in [-0.2, -0.15) is 0 Å². The molecule has 2 heteroatoms. The average molecular weight is 314 g/mol. The lowest BCUT2D eigenvalue weighted by Crippen LogP contribution is -2.19. The highest BCUT2D eigenvalue weighted by Gasteiger charge is 2.26. The van der Waals surface area contributed by atoms with E-state index in [9.17, 15) is 4.79 Å². The Morgan fingerprint density at radius 3 is 2.52 bits per heavy atom. The molecule has 0 fully saturated rings. The van der Waals surface area contributed by atoms with Crippen molar-refractivity contribution >= 4 is 5.97 Å². The number of rotatable bonds is 6. The molecule has 0 unspecified atom stereocenters. The van der Waals surface area contributed by atoms with Crippen molar-refractivity contribution in [2.24, 2.45) is 5.41 Å². The molecule has 1 rings (SSSR count). The molecule has 23 heavy (non-hydrogen) atoms. The van der Waals surface area contributed by atoms with Crippen LogP contribution in [0.2, 0.25) is 0 Å². The van der Waals surface area contributed by atoms with Crippen molar-refractivity contribution in [2.75, 3.05) is 0 Å². The van der Waals surface area contributed by atoms with Gasteiger partial charge in [0, 0.05) is 0 Å². The minimum absolute atomic E-state index is 0.0707. The molecule has 0 radical (unpaired) electrons. The lowest BCUT2D eigenvalue weighted by Gasteiger charge is -2.32. The molecule has 0 bridgehead atoms. The van der Waals surface area contributed by atoms with Crippen LogP contribution in [0.5, 0.6) is 0 Å². The van der Waals surface area contributed by atoms with Crippen LogP contribution in [0.1, 0.15) is 60.3 Å². The molecule has 0 saturated carbocycles. The molecule has 0 amide bonds. The molecule has 1 N–H and O–H groups in total. The van der Waals surface area contributed by atoms with Crippen LogP contribution in [0.15, 0.2) is 58.7 Å². The lowest BCUT2D eigenvalue weighted by molar-refractivity contribution is -0.136. The first kappa shape index (κ1) is 19.2. The Morgan fingerprint density at radius 2 is 1.91 bits per heavy atom. The summed E-state index contributed by atoms with van der Waals surface area (Å²) in [5.74, 6) is -0.800. The standard InChI is InChI=1S/C21H30O2/c1-16(8-6-9-17(2)12-14-20(22)23)11-13-19-18(3)10-7-15-21(19,4)5/h6,8-9,11-13H,7,10,14-15H2,1-5H3,(H,22,23). The number of hydrogen-bond acceptors (Lipinski definition) is 1. The van der Waals surface area contributed by atoms with Crippen molar-refractivity contribution in [3.05, 3.63) is 58.7 Å². The van der Waals surface area contributed by atoms with Crippen LogP contribution in [-0.2, 0) is 4.79 Å². The number of hydrogen-bond donors (Lipinski definition) is 1. The Hall–Kier alpha value is -1.83. The first-order chi connectivity index (χ1) is 10.7. The minimum Gasteiger partial charge on any atom is -0.481 e. The van der Waals surface area contributed by atoms with Gasteiger partial charge in [-0.15, -0.1) is 0 Å². The molecule has 1 aliphatic rings. The highest BCUT2D eigenvalue weighted by molar-refractivity contribution is 5.68. The Kier molecular flexibility index (Phi) is 7.28. The monoisotopic (exact) mass is 314 g/mol. The van der Waals surface area contributed by atoms with E-state index in [4.69, 9.17) is 5.11 Å². The van der Waals surface area contributed by atoms with Gasteiger partial charge in [-0.3, -0.25) is 4.79 Å². The summed E-state index contributed by atoms with van der Waals surface area (Å²) < 4.78 is 0. The van der Waals surface area contributed by atoms with Crippen molar-refractivity contribution < 1.29 is 9.90 Å². The maximum Gasteiger partial charge on any atom is 0.307 e. The number of carboxylic acids is 1. The normalized spacial score (nSPS) is 19.9. The van der Waals surface area contributed by atoms with Crippen molar-refractivity contribution in [1.29, 1.82) is 0 Å². The maximum atomic E-state index is 10.5. The van der Waals surface area contributed by atoms with Gasteiger partial charge in [-0.1, -0.05) is 67.0 Å². The van der Waals surface area contributed by atoms with E-state index in [0.717, 1.165) is 5.57 Å². The van der Waals surface area contributed by atoms with Crippen LogP contribution in [0.25, 0.3) is 0 Å². The molecule has 126 valence electrons. The Labute approximate surface area is 141 Å². The third-order valence-electron chi connectivity index (χ3n) is 4.37. The molecule has 0 heterocycles. The third-order valence-corrected chi connectivity index (χ3v) is 4.37. The van der Waals surface area contributed by atoms with Gasteiger partial charge in [0.05, 0.1) is 6.42 Å². The van der Waals surface area contributed by atoms with E-state index >= 15 is 0 Å². The summed E-state index contributed by atoms with van der Waals surface area (Å²) in [6.07, 6.45) is 15.9. The fourth-order valence-corrected chi connectivity index (χ4v) is 2.95. The van der Waals surface area contributed by atoms with E-state index in [2.05, 4.69) is 45.9 Å². The molecule has 2 nitrogen and oxygen atoms in total. The molecule has 0 aromatic heterocycles. The maximum absolute atomic E-state index is 10.5. The van der Waals surface area contributed by atoms with Crippen LogP contribution >= 0.6 is 0 Å². The van der Waals surface area contributed by atoms with E-state index in [1.165, 1.54) is 36.0 Å². The summed E-state index contributed by atoms with van der Waals surface area (Å²) in [5.41, 5.74) is 5.40. The highest BCUT2D eigenvalue weighted by Crippen LogP contribution is 2.40. The molecule has 0 spiro atoms. The van der Waals surface area contributed by atoms with Crippen molar-refractivity contribution in [2.45, 2.75) is 60.3 Å². The van der Waals surface area contributed by atoms with Gasteiger partial charge < -0.3 is 5.11 Å². The average Bonchev–Trinajstić information content (AvgIpc) is 2.44. The number of carboxylic acid groups (broad SMARTS) is 1. The van der Waals surface area contributed by atoms with Crippen molar-refractivity contribution in [3.63, 3.8) is 0 Å². The fraction of sp³-hybridized carbons (Fsp3) is 0.476. The summed E-state index contributed by atoms with van der Waals surface area (Å²) in [6.45, 7) is 10.9. The van der Waals surface area contributed by atoms with Gasteiger partial charge in [-0.05, 0) is 51.0 Å². The lowest BCUT2D eigenvalue weighted by atomic mass is 9.72. The van der Waals surface area contributed by atoms with Crippen LogP contribution in [-0.4, -0.2) is 11.1 Å². The first-order valence-electron chi connectivity index (χ1n) is 8.34. The number of allylic oxidation sites excluding steroid dienone is 9. The quantitative estimate of drug-likeness (QED) is 0.611. The predicted molar refractivity (Wildman–Crippen MR) is 98.4 cm³/mol. The van der Waals surface area contributed by atoms with Crippen molar-refractivity contribution in [1.82, 2.24) is 0 Å². The number of carbonyl (C=O) groups is 1. The van der Waals surface area contributed by atoms with E-state index in [1.54, 1.807) is 6.08 Å². The molecule has 0 aromatic carbocycles. The second kappa shape index (κ2) is 8.71. The van der Waals surface area contributed by atoms with Gasteiger partial charge in [0.2, 0.25) is 0 Å². The molecule has 0 aliphatic heterocycles. The van der Waals surface area contributed by atoms with Crippen LogP contribution in [0.3, 0.4) is 0 Å². The summed E-state index contributed by atoms with van der Waals surface area (Å²) in [5, 5.41) is 8.64. The van der Waals surface area contributed by atoms with Gasteiger partial charge >= 0.3 is 5.97 Å². The third kappa shape index (κ3) is 6.85. The Balaban J connectivity index is 2.73. The summed E-state index contributed by atoms with van der Waals surface area (Å²) in [6, 6.07) is 0. The van der Waals surface area contributed by atoms with Gasteiger partial charge in [0.25, 0.3) is 0 Å². The summed E-state index contributed by atoms with van der Waals surface area (Å²) in [7, 11) is 0. The molecule has 1 aliphatic carbocycles. The Bertz CT molecular complexity index is 581. The van der Waals surface area contributed by atoms with Crippen LogP contribution in [0.4, 0.5) is 0 Å². The fourth-order valence-electron chi connectivity index (χ4n) is 2.95. The zero-order valence-electron chi connectivity index (χ0n) is 15.1. The largest absolute Gasteiger partial charge is 0.481 e. The summed E-state index contributed by atoms with van der Waals surface area (Å²) in [4.78, 5) is 10.5. The van der Waals surface area contributed by atoms with Gasteiger partial charge in [0.1, 0.15) is 0 Å². The van der Waals surface area contributed by atoms with E-state index in [-0.39, 0.29) is 11.8 Å². The second-order valence-electron chi connectivity index (χ2n) is 7.08. The van der Waals surface area contributed by atoms with Crippen LogP contribution < -0.4 is 0 Å². The van der Waals surface area contributed by atoms with E-state index in [0.29, 0.717) is 0 Å². The zero-order valence-corrected chi connectivity index (χ0v) is 15.1. The Morgan fingerprint density at radius 1 is 1.22 bits per heavy atom. The first-order valence-corrected chi connectivity index (χ1v) is 8.34. The van der Waals surface area contributed by atoms with Crippen LogP contribution in [0, 0.1) is 5.41 Å². The predicted octanol–water partition coefficient (Wildman–Crippen LogP) is 5.99. The van der Waals surface area contributed by atoms with Gasteiger partial charge in [-0.25, -0.2) is 0 Å². The SMILES string of the molecule is CC(C=CC1=C(C)CCCC1(C)C)=CC=CC(C)=CCC(=O)O. The number of aliphatic carboxylic acids is 1. The molecular weight excluding hydrogens is 284 g/mol. The highest BCUT2D eigenvalue weighted by atomic mass is 16.4. The molecular formula is C21H30O2. The van der Waals surface area contributed by atoms with E-state index < -0.39 is 5.97 Å². The van der Waals surface area contributed by atoms with Crippen molar-refractivity contribution in [3.8, 4) is 0 Å². The summed E-state index contributed by atoms with van der Waals surface area (Å²) >= 11 is 0.